The number of carbonyl (C=O) groups is 3. The van der Waals surface area contributed by atoms with Gasteiger partial charge in [-0.1, -0.05) is 17.7 Å². The third kappa shape index (κ3) is 5.36. The van der Waals surface area contributed by atoms with Crippen molar-refractivity contribution in [2.45, 2.75) is 19.8 Å². The molecule has 2 aliphatic heterocycles. The maximum absolute atomic E-state index is 12.2. The summed E-state index contributed by atoms with van der Waals surface area (Å²) in [5.74, 6) is 0.0612. The van der Waals surface area contributed by atoms with Crippen LogP contribution in [0.15, 0.2) is 33.1 Å². The van der Waals surface area contributed by atoms with Gasteiger partial charge in [0.05, 0.1) is 9.95 Å². The van der Waals surface area contributed by atoms with Gasteiger partial charge >= 0.3 is 0 Å². The largest absolute Gasteiger partial charge is 0.282 e. The van der Waals surface area contributed by atoms with Crippen molar-refractivity contribution in [2.75, 3.05) is 18.1 Å². The number of hydrazone groups is 1. The first kappa shape index (κ1) is 22.2. The van der Waals surface area contributed by atoms with Crippen molar-refractivity contribution in [3.05, 3.63) is 44.2 Å². The molecule has 0 bridgehead atoms. The smallest absolute Gasteiger partial charge is 0.273 e. The SMILES string of the molecule is Cc1cc(C2=NN(CC(=O)NNC(=O)C(C#N)=C3SCCS3)C(=O)CC2)ccc1Cl. The molecule has 2 aliphatic rings. The summed E-state index contributed by atoms with van der Waals surface area (Å²) in [4.78, 5) is 36.6. The molecule has 1 saturated heterocycles. The number of rotatable bonds is 4. The summed E-state index contributed by atoms with van der Waals surface area (Å²) >= 11 is 8.92. The van der Waals surface area contributed by atoms with E-state index < -0.39 is 11.8 Å². The van der Waals surface area contributed by atoms with Gasteiger partial charge in [-0.15, -0.1) is 23.5 Å². The van der Waals surface area contributed by atoms with E-state index >= 15 is 0 Å². The summed E-state index contributed by atoms with van der Waals surface area (Å²) in [6.07, 6.45) is 0.683. The molecule has 0 unspecified atom stereocenters. The number of hydrazine groups is 1. The van der Waals surface area contributed by atoms with Crippen LogP contribution in [0.5, 0.6) is 0 Å². The highest BCUT2D eigenvalue weighted by molar-refractivity contribution is 8.25. The lowest BCUT2D eigenvalue weighted by molar-refractivity contribution is -0.137. The Morgan fingerprint density at radius 1 is 1.27 bits per heavy atom. The topological polar surface area (TPSA) is 115 Å². The Morgan fingerprint density at radius 2 is 2.00 bits per heavy atom. The minimum absolute atomic E-state index is 0.0322. The number of nitriles is 1. The Hall–Kier alpha value is -2.48. The summed E-state index contributed by atoms with van der Waals surface area (Å²) < 4.78 is 0.642. The van der Waals surface area contributed by atoms with E-state index in [-0.39, 0.29) is 24.4 Å². The molecule has 0 saturated carbocycles. The Bertz CT molecular complexity index is 994. The molecule has 2 N–H and O–H groups in total. The predicted molar refractivity (Wildman–Crippen MR) is 118 cm³/mol. The number of thioether (sulfide) groups is 2. The summed E-state index contributed by atoms with van der Waals surface area (Å²) in [6, 6.07) is 7.33. The minimum Gasteiger partial charge on any atom is -0.273 e. The molecule has 0 aliphatic carbocycles. The van der Waals surface area contributed by atoms with Crippen LogP contribution in [-0.4, -0.2) is 46.5 Å². The zero-order valence-corrected chi connectivity index (χ0v) is 18.4. The highest BCUT2D eigenvalue weighted by atomic mass is 35.5. The molecule has 3 amide bonds. The predicted octanol–water partition coefficient (Wildman–Crippen LogP) is 2.34. The molecule has 0 aromatic heterocycles. The molecule has 156 valence electrons. The van der Waals surface area contributed by atoms with E-state index in [1.54, 1.807) is 6.07 Å². The van der Waals surface area contributed by atoms with Crippen molar-refractivity contribution in [1.82, 2.24) is 15.9 Å². The fourth-order valence-corrected chi connectivity index (χ4v) is 5.32. The molecular weight excluding hydrogens is 446 g/mol. The van der Waals surface area contributed by atoms with Crippen LogP contribution in [-0.2, 0) is 14.4 Å². The standard InChI is InChI=1S/C19H18ClN5O3S2/c1-11-8-12(2-3-14(11)20)15-4-5-17(27)25(24-15)10-16(26)22-23-18(28)13(9-21)19-29-6-7-30-19/h2-3,8H,4-7,10H2,1H3,(H,22,26)(H,23,28). The molecule has 0 atom stereocenters. The lowest BCUT2D eigenvalue weighted by atomic mass is 10.0. The number of aryl methyl sites for hydroxylation is 1. The van der Waals surface area contributed by atoms with Crippen LogP contribution in [0.3, 0.4) is 0 Å². The number of nitrogens with zero attached hydrogens (tertiary/aromatic N) is 3. The number of benzene rings is 1. The Morgan fingerprint density at radius 3 is 2.67 bits per heavy atom. The van der Waals surface area contributed by atoms with Crippen molar-refractivity contribution in [1.29, 1.82) is 5.26 Å². The van der Waals surface area contributed by atoms with Crippen molar-refractivity contribution >= 4 is 58.6 Å². The maximum atomic E-state index is 12.2. The quantitative estimate of drug-likeness (QED) is 0.402. The summed E-state index contributed by atoms with van der Waals surface area (Å²) in [5.41, 5.74) is 6.83. The highest BCUT2D eigenvalue weighted by Gasteiger charge is 2.25. The molecule has 1 aromatic rings. The number of halogens is 1. The Balaban J connectivity index is 1.62. The summed E-state index contributed by atoms with van der Waals surface area (Å²) in [5, 5.41) is 15.2. The molecule has 1 aromatic carbocycles. The average molecular weight is 464 g/mol. The molecule has 8 nitrogen and oxygen atoms in total. The van der Waals surface area contributed by atoms with Crippen molar-refractivity contribution in [3.8, 4) is 6.07 Å². The van der Waals surface area contributed by atoms with Gasteiger partial charge in [-0.25, -0.2) is 5.01 Å². The molecule has 11 heteroatoms. The zero-order valence-electron chi connectivity index (χ0n) is 16.0. The van der Waals surface area contributed by atoms with E-state index in [0.29, 0.717) is 21.4 Å². The molecule has 0 radical (unpaired) electrons. The molecule has 1 fully saturated rings. The fourth-order valence-electron chi connectivity index (χ4n) is 2.76. The maximum Gasteiger partial charge on any atom is 0.282 e. The van der Waals surface area contributed by atoms with E-state index in [0.717, 1.165) is 27.6 Å². The van der Waals surface area contributed by atoms with Crippen molar-refractivity contribution in [2.24, 2.45) is 5.10 Å². The second kappa shape index (κ2) is 10.0. The molecular formula is C19H18ClN5O3S2. The number of carbonyl (C=O) groups excluding carboxylic acids is 3. The number of nitrogens with one attached hydrogen (secondary N) is 2. The van der Waals surface area contributed by atoms with Crippen LogP contribution < -0.4 is 10.9 Å². The van der Waals surface area contributed by atoms with Crippen LogP contribution >= 0.6 is 35.1 Å². The molecule has 0 spiro atoms. The first-order chi connectivity index (χ1) is 14.4. The third-order valence-corrected chi connectivity index (χ3v) is 7.44. The zero-order chi connectivity index (χ0) is 21.7. The number of amides is 3. The first-order valence-corrected chi connectivity index (χ1v) is 11.4. The van der Waals surface area contributed by atoms with Gasteiger partial charge in [0.25, 0.3) is 11.8 Å². The van der Waals surface area contributed by atoms with Gasteiger partial charge < -0.3 is 0 Å². The summed E-state index contributed by atoms with van der Waals surface area (Å²) in [6.45, 7) is 1.53. The minimum atomic E-state index is -0.687. The van der Waals surface area contributed by atoms with E-state index in [1.807, 2.05) is 25.1 Å². The summed E-state index contributed by atoms with van der Waals surface area (Å²) in [7, 11) is 0. The Kier molecular flexibility index (Phi) is 7.42. The monoisotopic (exact) mass is 463 g/mol. The van der Waals surface area contributed by atoms with Gasteiger partial charge in [0, 0.05) is 29.4 Å². The van der Waals surface area contributed by atoms with Crippen LogP contribution in [0.2, 0.25) is 5.02 Å². The van der Waals surface area contributed by atoms with Crippen LogP contribution in [0.1, 0.15) is 24.0 Å². The van der Waals surface area contributed by atoms with E-state index in [1.165, 1.54) is 23.5 Å². The lowest BCUT2D eigenvalue weighted by Crippen LogP contribution is -2.47. The van der Waals surface area contributed by atoms with Crippen LogP contribution in [0.4, 0.5) is 0 Å². The number of hydrogen-bond acceptors (Lipinski definition) is 7. The van der Waals surface area contributed by atoms with Crippen LogP contribution in [0, 0.1) is 18.3 Å². The fraction of sp³-hybridized carbons (Fsp3) is 0.316. The van der Waals surface area contributed by atoms with Gasteiger partial charge in [-0.05, 0) is 30.2 Å². The van der Waals surface area contributed by atoms with E-state index in [9.17, 15) is 19.6 Å². The van der Waals surface area contributed by atoms with Gasteiger partial charge in [0.2, 0.25) is 5.91 Å². The molecule has 2 heterocycles. The molecule has 3 rings (SSSR count). The second-order valence-electron chi connectivity index (χ2n) is 6.44. The van der Waals surface area contributed by atoms with Gasteiger partial charge in [-0.3, -0.25) is 25.2 Å². The Labute approximate surface area is 187 Å². The van der Waals surface area contributed by atoms with Crippen molar-refractivity contribution < 1.29 is 14.4 Å². The van der Waals surface area contributed by atoms with Gasteiger partial charge in [0.1, 0.15) is 18.2 Å². The van der Waals surface area contributed by atoms with Gasteiger partial charge in [-0.2, -0.15) is 10.4 Å². The van der Waals surface area contributed by atoms with E-state index in [2.05, 4.69) is 16.0 Å². The van der Waals surface area contributed by atoms with Crippen molar-refractivity contribution in [3.63, 3.8) is 0 Å². The lowest BCUT2D eigenvalue weighted by Gasteiger charge is -2.23. The second-order valence-corrected chi connectivity index (χ2v) is 9.31. The van der Waals surface area contributed by atoms with Crippen LogP contribution in [0.25, 0.3) is 0 Å². The highest BCUT2D eigenvalue weighted by Crippen LogP contribution is 2.38. The van der Waals surface area contributed by atoms with Gasteiger partial charge in [0.15, 0.2) is 0 Å². The van der Waals surface area contributed by atoms with E-state index in [4.69, 9.17) is 11.6 Å². The third-order valence-electron chi connectivity index (χ3n) is 4.30. The normalized spacial score (nSPS) is 16.0. The average Bonchev–Trinajstić information content (AvgIpc) is 3.25. The molecule has 30 heavy (non-hydrogen) atoms. The first-order valence-electron chi connectivity index (χ1n) is 9.02. The number of hydrogen-bond donors (Lipinski definition) is 2.